The molecular formula is C17H22N2O2. The molecule has 1 N–H and O–H groups in total. The number of nitrogens with zero attached hydrogens (tertiary/aromatic N) is 1. The zero-order valence-corrected chi connectivity index (χ0v) is 12.6. The number of carbonyl (C=O) groups excluding carboxylic acids is 2. The SMILES string of the molecule is CC(C)C1C(=O)NC2(CCCC2)C(=O)N1c1ccccc1. The number of amides is 2. The van der Waals surface area contributed by atoms with E-state index in [0.717, 1.165) is 31.4 Å². The highest BCUT2D eigenvalue weighted by molar-refractivity contribution is 6.11. The fraction of sp³-hybridized carbons (Fsp3) is 0.529. The number of hydrogen-bond acceptors (Lipinski definition) is 2. The van der Waals surface area contributed by atoms with Gasteiger partial charge in [0.25, 0.3) is 5.91 Å². The second-order valence-corrected chi connectivity index (χ2v) is 6.48. The van der Waals surface area contributed by atoms with Crippen LogP contribution in [-0.4, -0.2) is 23.4 Å². The van der Waals surface area contributed by atoms with Gasteiger partial charge in [0.1, 0.15) is 11.6 Å². The van der Waals surface area contributed by atoms with Crippen LogP contribution in [0.1, 0.15) is 39.5 Å². The van der Waals surface area contributed by atoms with Crippen LogP contribution in [-0.2, 0) is 9.59 Å². The third-order valence-electron chi connectivity index (χ3n) is 4.66. The van der Waals surface area contributed by atoms with Crippen LogP contribution in [0.15, 0.2) is 30.3 Å². The molecule has 0 bridgehead atoms. The molecule has 2 fully saturated rings. The van der Waals surface area contributed by atoms with Crippen molar-refractivity contribution < 1.29 is 9.59 Å². The maximum absolute atomic E-state index is 13.1. The molecule has 1 unspecified atom stereocenters. The van der Waals surface area contributed by atoms with Crippen LogP contribution in [0.25, 0.3) is 0 Å². The van der Waals surface area contributed by atoms with Gasteiger partial charge in [-0.2, -0.15) is 0 Å². The summed E-state index contributed by atoms with van der Waals surface area (Å²) in [6.45, 7) is 3.97. The molecule has 4 heteroatoms. The molecule has 1 heterocycles. The number of nitrogens with one attached hydrogen (secondary N) is 1. The first-order chi connectivity index (χ1) is 10.1. The fourth-order valence-corrected chi connectivity index (χ4v) is 3.62. The zero-order valence-electron chi connectivity index (χ0n) is 12.6. The standard InChI is InChI=1S/C17H22N2O2/c1-12(2)14-15(20)18-17(10-6-7-11-17)16(21)19(14)13-8-4-3-5-9-13/h3-5,8-9,12,14H,6-7,10-11H2,1-2H3,(H,18,20). The van der Waals surface area contributed by atoms with Crippen molar-refractivity contribution in [2.75, 3.05) is 4.90 Å². The van der Waals surface area contributed by atoms with Crippen molar-refractivity contribution in [3.8, 4) is 0 Å². The summed E-state index contributed by atoms with van der Waals surface area (Å²) < 4.78 is 0. The Bertz CT molecular complexity index is 547. The number of hydrogen-bond donors (Lipinski definition) is 1. The molecule has 1 aliphatic carbocycles. The number of carbonyl (C=O) groups is 2. The topological polar surface area (TPSA) is 49.4 Å². The van der Waals surface area contributed by atoms with Gasteiger partial charge < -0.3 is 5.32 Å². The maximum Gasteiger partial charge on any atom is 0.253 e. The van der Waals surface area contributed by atoms with E-state index >= 15 is 0 Å². The van der Waals surface area contributed by atoms with Crippen molar-refractivity contribution in [1.82, 2.24) is 5.32 Å². The van der Waals surface area contributed by atoms with Crippen molar-refractivity contribution >= 4 is 17.5 Å². The molecule has 1 aromatic rings. The van der Waals surface area contributed by atoms with E-state index in [1.54, 1.807) is 4.90 Å². The zero-order chi connectivity index (χ0) is 15.0. The quantitative estimate of drug-likeness (QED) is 0.908. The van der Waals surface area contributed by atoms with E-state index in [0.29, 0.717) is 0 Å². The highest BCUT2D eigenvalue weighted by Gasteiger charge is 2.53. The first kappa shape index (κ1) is 14.1. The van der Waals surface area contributed by atoms with Crippen LogP contribution >= 0.6 is 0 Å². The maximum atomic E-state index is 13.1. The molecule has 21 heavy (non-hydrogen) atoms. The Labute approximate surface area is 125 Å². The summed E-state index contributed by atoms with van der Waals surface area (Å²) in [6.07, 6.45) is 3.51. The van der Waals surface area contributed by atoms with E-state index in [1.165, 1.54) is 0 Å². The van der Waals surface area contributed by atoms with E-state index < -0.39 is 11.6 Å². The minimum atomic E-state index is -0.668. The van der Waals surface area contributed by atoms with Gasteiger partial charge in [-0.3, -0.25) is 14.5 Å². The van der Waals surface area contributed by atoms with E-state index in [-0.39, 0.29) is 17.7 Å². The molecule has 1 saturated heterocycles. The molecule has 2 amide bonds. The van der Waals surface area contributed by atoms with Crippen molar-refractivity contribution in [2.24, 2.45) is 5.92 Å². The number of anilines is 1. The molecule has 0 radical (unpaired) electrons. The predicted molar refractivity (Wildman–Crippen MR) is 81.9 cm³/mol. The van der Waals surface area contributed by atoms with E-state index in [2.05, 4.69) is 5.32 Å². The highest BCUT2D eigenvalue weighted by Crippen LogP contribution is 2.37. The van der Waals surface area contributed by atoms with Crippen molar-refractivity contribution in [2.45, 2.75) is 51.1 Å². The molecular weight excluding hydrogens is 264 g/mol. The second-order valence-electron chi connectivity index (χ2n) is 6.48. The highest BCUT2D eigenvalue weighted by atomic mass is 16.2. The summed E-state index contributed by atoms with van der Waals surface area (Å²) in [5, 5.41) is 3.04. The molecule has 2 aliphatic rings. The lowest BCUT2D eigenvalue weighted by atomic mass is 9.87. The Morgan fingerprint density at radius 3 is 2.33 bits per heavy atom. The summed E-state index contributed by atoms with van der Waals surface area (Å²) in [5.41, 5.74) is 0.153. The first-order valence-electron chi connectivity index (χ1n) is 7.76. The summed E-state index contributed by atoms with van der Waals surface area (Å²) in [5.74, 6) is 0.118. The molecule has 112 valence electrons. The van der Waals surface area contributed by atoms with Crippen LogP contribution < -0.4 is 10.2 Å². The Kier molecular flexibility index (Phi) is 3.47. The van der Waals surface area contributed by atoms with Crippen molar-refractivity contribution in [1.29, 1.82) is 0 Å². The van der Waals surface area contributed by atoms with Gasteiger partial charge in [0.2, 0.25) is 5.91 Å². The van der Waals surface area contributed by atoms with Gasteiger partial charge >= 0.3 is 0 Å². The molecule has 1 saturated carbocycles. The lowest BCUT2D eigenvalue weighted by molar-refractivity contribution is -0.139. The molecule has 1 aliphatic heterocycles. The second kappa shape index (κ2) is 5.17. The van der Waals surface area contributed by atoms with Gasteiger partial charge in [-0.25, -0.2) is 0 Å². The van der Waals surface area contributed by atoms with Gasteiger partial charge in [0, 0.05) is 5.69 Å². The fourth-order valence-electron chi connectivity index (χ4n) is 3.62. The number of rotatable bonds is 2. The van der Waals surface area contributed by atoms with Crippen LogP contribution in [0, 0.1) is 5.92 Å². The first-order valence-corrected chi connectivity index (χ1v) is 7.76. The predicted octanol–water partition coefficient (Wildman–Crippen LogP) is 2.49. The summed E-state index contributed by atoms with van der Waals surface area (Å²) >= 11 is 0. The minimum absolute atomic E-state index is 0.0182. The summed E-state index contributed by atoms with van der Waals surface area (Å²) in [4.78, 5) is 27.5. The van der Waals surface area contributed by atoms with Gasteiger partial charge in [-0.1, -0.05) is 44.9 Å². The summed E-state index contributed by atoms with van der Waals surface area (Å²) in [7, 11) is 0. The molecule has 1 atom stereocenters. The number of piperazine rings is 1. The third kappa shape index (κ3) is 2.23. The van der Waals surface area contributed by atoms with E-state index in [4.69, 9.17) is 0 Å². The normalized spacial score (nSPS) is 24.7. The van der Waals surface area contributed by atoms with Gasteiger partial charge in [-0.15, -0.1) is 0 Å². The van der Waals surface area contributed by atoms with Gasteiger partial charge in [0.05, 0.1) is 0 Å². The summed E-state index contributed by atoms with van der Waals surface area (Å²) in [6, 6.07) is 9.14. The molecule has 4 nitrogen and oxygen atoms in total. The van der Waals surface area contributed by atoms with Crippen molar-refractivity contribution in [3.05, 3.63) is 30.3 Å². The molecule has 3 rings (SSSR count). The average Bonchev–Trinajstić information content (AvgIpc) is 2.92. The number of benzene rings is 1. The molecule has 1 aromatic carbocycles. The largest absolute Gasteiger partial charge is 0.340 e. The van der Waals surface area contributed by atoms with Crippen molar-refractivity contribution in [3.63, 3.8) is 0 Å². The van der Waals surface area contributed by atoms with Crippen LogP contribution in [0.2, 0.25) is 0 Å². The number of para-hydroxylation sites is 1. The smallest absolute Gasteiger partial charge is 0.253 e. The Morgan fingerprint density at radius 2 is 1.76 bits per heavy atom. The van der Waals surface area contributed by atoms with Crippen LogP contribution in [0.5, 0.6) is 0 Å². The van der Waals surface area contributed by atoms with Crippen LogP contribution in [0.3, 0.4) is 0 Å². The van der Waals surface area contributed by atoms with E-state index in [1.807, 2.05) is 44.2 Å². The Balaban J connectivity index is 2.05. The lowest BCUT2D eigenvalue weighted by Crippen LogP contribution is -2.70. The van der Waals surface area contributed by atoms with Gasteiger partial charge in [0.15, 0.2) is 0 Å². The molecule has 1 spiro atoms. The average molecular weight is 286 g/mol. The third-order valence-corrected chi connectivity index (χ3v) is 4.66. The lowest BCUT2D eigenvalue weighted by Gasteiger charge is -2.45. The van der Waals surface area contributed by atoms with Crippen LogP contribution in [0.4, 0.5) is 5.69 Å². The van der Waals surface area contributed by atoms with Gasteiger partial charge in [-0.05, 0) is 30.9 Å². The minimum Gasteiger partial charge on any atom is -0.340 e. The Hall–Kier alpha value is -1.84. The van der Waals surface area contributed by atoms with E-state index in [9.17, 15) is 9.59 Å². The monoisotopic (exact) mass is 286 g/mol. The Morgan fingerprint density at radius 1 is 1.14 bits per heavy atom. The molecule has 0 aromatic heterocycles.